The van der Waals surface area contributed by atoms with Gasteiger partial charge in [0.05, 0.1) is 12.4 Å². The molecular formula is C9H17N5. The Morgan fingerprint density at radius 3 is 2.79 bits per heavy atom. The van der Waals surface area contributed by atoms with Crippen LogP contribution < -0.4 is 11.1 Å². The first kappa shape index (κ1) is 10.7. The molecule has 1 aromatic rings. The lowest BCUT2D eigenvalue weighted by molar-refractivity contribution is 0.326. The molecular weight excluding hydrogens is 178 g/mol. The van der Waals surface area contributed by atoms with E-state index in [-0.39, 0.29) is 0 Å². The Balaban J connectivity index is 2.45. The van der Waals surface area contributed by atoms with Gasteiger partial charge >= 0.3 is 0 Å². The molecule has 1 rings (SSSR count). The molecule has 0 fully saturated rings. The van der Waals surface area contributed by atoms with E-state index in [9.17, 15) is 0 Å². The molecule has 1 unspecified atom stereocenters. The average molecular weight is 195 g/mol. The van der Waals surface area contributed by atoms with Crippen molar-refractivity contribution >= 4 is 11.6 Å². The highest BCUT2D eigenvalue weighted by Gasteiger charge is 2.04. The van der Waals surface area contributed by atoms with Gasteiger partial charge in [-0.3, -0.25) is 4.98 Å². The molecule has 14 heavy (non-hydrogen) atoms. The van der Waals surface area contributed by atoms with Gasteiger partial charge in [0.1, 0.15) is 11.6 Å². The number of hydrogen-bond acceptors (Lipinski definition) is 5. The van der Waals surface area contributed by atoms with Crippen molar-refractivity contribution in [1.82, 2.24) is 14.9 Å². The highest BCUT2D eigenvalue weighted by molar-refractivity contribution is 5.38. The molecule has 1 atom stereocenters. The first-order chi connectivity index (χ1) is 6.59. The van der Waals surface area contributed by atoms with Crippen LogP contribution in [0.3, 0.4) is 0 Å². The van der Waals surface area contributed by atoms with Crippen molar-refractivity contribution in [2.45, 2.75) is 13.0 Å². The number of likely N-dealkylation sites (N-methyl/N-ethyl adjacent to an activating group) is 1. The summed E-state index contributed by atoms with van der Waals surface area (Å²) in [7, 11) is 4.08. The Bertz CT molecular complexity index is 286. The summed E-state index contributed by atoms with van der Waals surface area (Å²) in [6, 6.07) is 0.443. The fourth-order valence-electron chi connectivity index (χ4n) is 0.901. The third kappa shape index (κ3) is 3.18. The molecule has 78 valence electrons. The van der Waals surface area contributed by atoms with Crippen molar-refractivity contribution in [2.24, 2.45) is 0 Å². The lowest BCUT2D eigenvalue weighted by atomic mass is 10.3. The van der Waals surface area contributed by atoms with Crippen LogP contribution in [0.15, 0.2) is 12.4 Å². The number of nitrogen functional groups attached to an aromatic ring is 1. The van der Waals surface area contributed by atoms with Crippen LogP contribution in [0.4, 0.5) is 11.6 Å². The van der Waals surface area contributed by atoms with Gasteiger partial charge in [0, 0.05) is 12.6 Å². The predicted molar refractivity (Wildman–Crippen MR) is 58.1 cm³/mol. The quantitative estimate of drug-likeness (QED) is 0.729. The van der Waals surface area contributed by atoms with E-state index in [0.29, 0.717) is 11.9 Å². The minimum atomic E-state index is 0.438. The number of anilines is 2. The zero-order valence-electron chi connectivity index (χ0n) is 8.86. The molecule has 0 amide bonds. The molecule has 0 aliphatic rings. The van der Waals surface area contributed by atoms with Gasteiger partial charge in [-0.2, -0.15) is 0 Å². The van der Waals surface area contributed by atoms with Crippen LogP contribution >= 0.6 is 0 Å². The Hall–Kier alpha value is -1.36. The minimum absolute atomic E-state index is 0.438. The fourth-order valence-corrected chi connectivity index (χ4v) is 0.901. The summed E-state index contributed by atoms with van der Waals surface area (Å²) in [5.74, 6) is 1.16. The maximum atomic E-state index is 5.50. The van der Waals surface area contributed by atoms with Crippen LogP contribution in [0.1, 0.15) is 6.92 Å². The highest BCUT2D eigenvalue weighted by atomic mass is 15.1. The average Bonchev–Trinajstić information content (AvgIpc) is 2.14. The molecule has 0 saturated carbocycles. The van der Waals surface area contributed by atoms with Crippen LogP contribution in [0.5, 0.6) is 0 Å². The summed E-state index contributed by atoms with van der Waals surface area (Å²) in [5.41, 5.74) is 5.50. The molecule has 0 aliphatic carbocycles. The van der Waals surface area contributed by atoms with Crippen LogP contribution in [0, 0.1) is 0 Å². The van der Waals surface area contributed by atoms with Crippen molar-refractivity contribution in [2.75, 3.05) is 31.7 Å². The van der Waals surface area contributed by atoms with E-state index >= 15 is 0 Å². The van der Waals surface area contributed by atoms with E-state index in [2.05, 4.69) is 27.1 Å². The second-order valence-electron chi connectivity index (χ2n) is 3.52. The van der Waals surface area contributed by atoms with E-state index in [4.69, 9.17) is 5.73 Å². The van der Waals surface area contributed by atoms with Crippen LogP contribution in [-0.4, -0.2) is 41.5 Å². The number of nitrogens with zero attached hydrogens (tertiary/aromatic N) is 3. The number of nitrogens with one attached hydrogen (secondary N) is 1. The molecule has 3 N–H and O–H groups in total. The molecule has 0 aromatic carbocycles. The van der Waals surface area contributed by atoms with Crippen LogP contribution in [-0.2, 0) is 0 Å². The number of rotatable bonds is 4. The lowest BCUT2D eigenvalue weighted by Gasteiger charge is -2.20. The highest BCUT2D eigenvalue weighted by Crippen LogP contribution is 2.03. The van der Waals surface area contributed by atoms with Crippen LogP contribution in [0.25, 0.3) is 0 Å². The Labute approximate surface area is 84.3 Å². The molecule has 5 nitrogen and oxygen atoms in total. The van der Waals surface area contributed by atoms with Gasteiger partial charge in [-0.15, -0.1) is 0 Å². The summed E-state index contributed by atoms with van der Waals surface area (Å²) in [4.78, 5) is 10.2. The number of aromatic nitrogens is 2. The Morgan fingerprint density at radius 1 is 1.50 bits per heavy atom. The minimum Gasteiger partial charge on any atom is -0.382 e. The van der Waals surface area contributed by atoms with E-state index in [0.717, 1.165) is 12.4 Å². The molecule has 5 heteroatoms. The maximum Gasteiger partial charge on any atom is 0.147 e. The van der Waals surface area contributed by atoms with Crippen LogP contribution in [0.2, 0.25) is 0 Å². The second-order valence-corrected chi connectivity index (χ2v) is 3.52. The summed E-state index contributed by atoms with van der Waals surface area (Å²) in [6.45, 7) is 2.96. The number of hydrogen-bond donors (Lipinski definition) is 2. The molecule has 0 bridgehead atoms. The van der Waals surface area contributed by atoms with Crippen molar-refractivity contribution in [3.63, 3.8) is 0 Å². The zero-order valence-corrected chi connectivity index (χ0v) is 8.86. The standard InChI is InChI=1S/C9H17N5/c1-7(14(2)3)4-12-9-6-11-5-8(10)13-9/h5-7H,4H2,1-3H3,(H3,10,12,13). The van der Waals surface area contributed by atoms with Gasteiger partial charge in [-0.05, 0) is 21.0 Å². The molecule has 0 radical (unpaired) electrons. The number of nitrogens with two attached hydrogens (primary N) is 1. The van der Waals surface area contributed by atoms with Gasteiger partial charge in [0.25, 0.3) is 0 Å². The van der Waals surface area contributed by atoms with Gasteiger partial charge in [-0.1, -0.05) is 0 Å². The van der Waals surface area contributed by atoms with Crippen molar-refractivity contribution in [1.29, 1.82) is 0 Å². The van der Waals surface area contributed by atoms with Gasteiger partial charge in [-0.25, -0.2) is 4.98 Å². The zero-order chi connectivity index (χ0) is 10.6. The van der Waals surface area contributed by atoms with Gasteiger partial charge in [0.2, 0.25) is 0 Å². The first-order valence-corrected chi connectivity index (χ1v) is 4.57. The summed E-state index contributed by atoms with van der Waals surface area (Å²) >= 11 is 0. The largest absolute Gasteiger partial charge is 0.382 e. The Morgan fingerprint density at radius 2 is 2.21 bits per heavy atom. The van der Waals surface area contributed by atoms with E-state index in [1.165, 1.54) is 6.20 Å². The summed E-state index contributed by atoms with van der Waals surface area (Å²) < 4.78 is 0. The fraction of sp³-hybridized carbons (Fsp3) is 0.556. The maximum absolute atomic E-state index is 5.50. The molecule has 0 aliphatic heterocycles. The normalized spacial score (nSPS) is 12.9. The first-order valence-electron chi connectivity index (χ1n) is 4.57. The van der Waals surface area contributed by atoms with E-state index in [1.807, 2.05) is 14.1 Å². The SMILES string of the molecule is CC(CNc1cncc(N)n1)N(C)C. The molecule has 0 spiro atoms. The molecule has 1 aromatic heterocycles. The summed E-state index contributed by atoms with van der Waals surface area (Å²) in [6.07, 6.45) is 3.19. The third-order valence-electron chi connectivity index (χ3n) is 2.11. The van der Waals surface area contributed by atoms with Gasteiger partial charge < -0.3 is 16.0 Å². The smallest absolute Gasteiger partial charge is 0.147 e. The van der Waals surface area contributed by atoms with Crippen molar-refractivity contribution < 1.29 is 0 Å². The second kappa shape index (κ2) is 4.76. The van der Waals surface area contributed by atoms with E-state index in [1.54, 1.807) is 6.20 Å². The molecule has 0 saturated heterocycles. The van der Waals surface area contributed by atoms with E-state index < -0.39 is 0 Å². The monoisotopic (exact) mass is 195 g/mol. The third-order valence-corrected chi connectivity index (χ3v) is 2.11. The molecule has 1 heterocycles. The lowest BCUT2D eigenvalue weighted by Crippen LogP contribution is -2.31. The van der Waals surface area contributed by atoms with Crippen molar-refractivity contribution in [3.05, 3.63) is 12.4 Å². The topological polar surface area (TPSA) is 67.1 Å². The van der Waals surface area contributed by atoms with Crippen molar-refractivity contribution in [3.8, 4) is 0 Å². The Kier molecular flexibility index (Phi) is 3.64. The van der Waals surface area contributed by atoms with Gasteiger partial charge in [0.15, 0.2) is 0 Å². The predicted octanol–water partition coefficient (Wildman–Crippen LogP) is 0.421. The summed E-state index contributed by atoms with van der Waals surface area (Å²) in [5, 5.41) is 3.17.